The highest BCUT2D eigenvalue weighted by atomic mass is 32.1. The van der Waals surface area contributed by atoms with Crippen molar-refractivity contribution in [3.63, 3.8) is 0 Å². The molecule has 3 atom stereocenters. The molecule has 1 aromatic heterocycles. The third kappa shape index (κ3) is 5.86. The first kappa shape index (κ1) is 28.8. The van der Waals surface area contributed by atoms with Crippen molar-refractivity contribution in [1.29, 1.82) is 0 Å². The van der Waals surface area contributed by atoms with E-state index in [-0.39, 0.29) is 36.0 Å². The first-order valence-corrected chi connectivity index (χ1v) is 15.0. The van der Waals surface area contributed by atoms with Crippen LogP contribution in [0.3, 0.4) is 0 Å². The van der Waals surface area contributed by atoms with Gasteiger partial charge in [0.1, 0.15) is 17.6 Å². The number of ketones is 1. The monoisotopic (exact) mass is 580 g/mol. The van der Waals surface area contributed by atoms with E-state index < -0.39 is 29.8 Å². The third-order valence-corrected chi connectivity index (χ3v) is 9.14. The molecule has 0 radical (unpaired) electrons. The second-order valence-electron chi connectivity index (χ2n) is 11.5. The number of carbonyl (C=O) groups is 5. The largest absolute Gasteiger partial charge is 0.414 e. The summed E-state index contributed by atoms with van der Waals surface area (Å²) in [5.74, 6) is -1.01. The Morgan fingerprint density at radius 1 is 1.07 bits per heavy atom. The molecule has 2 saturated heterocycles. The van der Waals surface area contributed by atoms with Crippen LogP contribution in [0.1, 0.15) is 52.9 Å². The Bertz CT molecular complexity index is 1340. The third-order valence-electron chi connectivity index (χ3n) is 8.13. The average molecular weight is 581 g/mol. The zero-order valence-corrected chi connectivity index (χ0v) is 24.4. The molecule has 3 unspecified atom stereocenters. The van der Waals surface area contributed by atoms with Crippen molar-refractivity contribution in [3.05, 3.63) is 42.5 Å². The molecule has 5 rings (SSSR count). The summed E-state index contributed by atoms with van der Waals surface area (Å²) in [6.07, 6.45) is 1.98. The number of fused-ring (bicyclic) bond motifs is 1. The van der Waals surface area contributed by atoms with E-state index in [1.165, 1.54) is 23.2 Å². The molecule has 2 N–H and O–H groups in total. The Balaban J connectivity index is 1.26. The molecule has 3 heterocycles. The van der Waals surface area contributed by atoms with Crippen LogP contribution in [-0.2, 0) is 19.2 Å². The normalized spacial score (nSPS) is 21.7. The fraction of sp³-hybridized carbons (Fsp3) is 0.500. The van der Waals surface area contributed by atoms with Crippen molar-refractivity contribution in [2.75, 3.05) is 13.1 Å². The highest BCUT2D eigenvalue weighted by Gasteiger charge is 2.56. The van der Waals surface area contributed by atoms with Crippen LogP contribution in [-0.4, -0.2) is 76.2 Å². The van der Waals surface area contributed by atoms with Crippen LogP contribution in [0.15, 0.2) is 42.5 Å². The van der Waals surface area contributed by atoms with E-state index in [9.17, 15) is 24.0 Å². The molecule has 3 fully saturated rings. The van der Waals surface area contributed by atoms with Crippen LogP contribution in [0.2, 0.25) is 0 Å². The van der Waals surface area contributed by atoms with Gasteiger partial charge in [0.15, 0.2) is 10.8 Å². The number of hydrogen-bond acceptors (Lipinski definition) is 7. The number of thiophene rings is 1. The van der Waals surface area contributed by atoms with Gasteiger partial charge in [0.25, 0.3) is 0 Å². The van der Waals surface area contributed by atoms with Gasteiger partial charge in [-0.2, -0.15) is 0 Å². The lowest BCUT2D eigenvalue weighted by atomic mass is 9.75. The van der Waals surface area contributed by atoms with Gasteiger partial charge >= 0.3 is 6.09 Å². The smallest absolute Gasteiger partial charge is 0.399 e. The molecule has 0 bridgehead atoms. The van der Waals surface area contributed by atoms with Gasteiger partial charge in [0, 0.05) is 18.3 Å². The highest BCUT2D eigenvalue weighted by Crippen LogP contribution is 2.38. The Labute approximate surface area is 243 Å². The predicted molar refractivity (Wildman–Crippen MR) is 153 cm³/mol. The van der Waals surface area contributed by atoms with Gasteiger partial charge in [-0.1, -0.05) is 55.5 Å². The number of carbonyl (C=O) groups excluding carboxylic acids is 5. The number of nitrogens with one attached hydrogen (secondary N) is 2. The Morgan fingerprint density at radius 2 is 1.80 bits per heavy atom. The SMILES string of the molecule is CC(=O)NC1(C(=O)N2CC(=O)C3C2CCN3C(=O)C(CC(C)C)NC(=O)Oc2ccc(-c3ccccc3)s2)CCC1. The van der Waals surface area contributed by atoms with Crippen LogP contribution in [0.25, 0.3) is 10.4 Å². The van der Waals surface area contributed by atoms with Crippen molar-refractivity contribution in [2.45, 2.75) is 76.5 Å². The summed E-state index contributed by atoms with van der Waals surface area (Å²) < 4.78 is 5.53. The summed E-state index contributed by atoms with van der Waals surface area (Å²) in [6.45, 7) is 5.49. The number of likely N-dealkylation sites (tertiary alicyclic amines) is 2. The lowest BCUT2D eigenvalue weighted by Crippen LogP contribution is -2.64. The lowest BCUT2D eigenvalue weighted by molar-refractivity contribution is -0.146. The van der Waals surface area contributed by atoms with Crippen molar-refractivity contribution < 1.29 is 28.7 Å². The molecule has 1 aliphatic carbocycles. The molecule has 10 nitrogen and oxygen atoms in total. The van der Waals surface area contributed by atoms with Crippen molar-refractivity contribution in [2.24, 2.45) is 5.92 Å². The van der Waals surface area contributed by atoms with Crippen LogP contribution in [0.4, 0.5) is 4.79 Å². The summed E-state index contributed by atoms with van der Waals surface area (Å²) in [5.41, 5.74) is 0.0461. The zero-order chi connectivity index (χ0) is 29.3. The van der Waals surface area contributed by atoms with Gasteiger partial charge in [-0.25, -0.2) is 4.79 Å². The molecule has 2 aliphatic heterocycles. The Morgan fingerprint density at radius 3 is 2.44 bits per heavy atom. The van der Waals surface area contributed by atoms with E-state index in [2.05, 4.69) is 10.6 Å². The van der Waals surface area contributed by atoms with Crippen molar-refractivity contribution >= 4 is 40.9 Å². The number of amides is 4. The molecule has 218 valence electrons. The maximum Gasteiger partial charge on any atom is 0.414 e. The Hall–Kier alpha value is -3.73. The van der Waals surface area contributed by atoms with E-state index >= 15 is 0 Å². The van der Waals surface area contributed by atoms with Gasteiger partial charge in [0.2, 0.25) is 17.7 Å². The minimum absolute atomic E-state index is 0.0857. The average Bonchev–Trinajstić information content (AvgIpc) is 3.62. The second-order valence-corrected chi connectivity index (χ2v) is 12.6. The summed E-state index contributed by atoms with van der Waals surface area (Å²) in [5, 5.41) is 5.94. The molecule has 1 saturated carbocycles. The summed E-state index contributed by atoms with van der Waals surface area (Å²) >= 11 is 1.33. The van der Waals surface area contributed by atoms with Crippen LogP contribution >= 0.6 is 11.3 Å². The van der Waals surface area contributed by atoms with Crippen molar-refractivity contribution in [1.82, 2.24) is 20.4 Å². The molecular formula is C30H36N4O6S. The quantitative estimate of drug-likeness (QED) is 0.494. The van der Waals surface area contributed by atoms with E-state index in [4.69, 9.17) is 4.74 Å². The molecular weight excluding hydrogens is 544 g/mol. The first-order valence-electron chi connectivity index (χ1n) is 14.1. The number of ether oxygens (including phenoxy) is 1. The molecule has 41 heavy (non-hydrogen) atoms. The lowest BCUT2D eigenvalue weighted by Gasteiger charge is -2.43. The minimum Gasteiger partial charge on any atom is -0.399 e. The van der Waals surface area contributed by atoms with Crippen LogP contribution < -0.4 is 15.4 Å². The van der Waals surface area contributed by atoms with Gasteiger partial charge in [-0.05, 0) is 55.7 Å². The number of benzene rings is 1. The minimum atomic E-state index is -0.966. The zero-order valence-electron chi connectivity index (χ0n) is 23.6. The molecule has 11 heteroatoms. The Kier molecular flexibility index (Phi) is 8.17. The van der Waals surface area contributed by atoms with Gasteiger partial charge < -0.3 is 25.2 Å². The molecule has 4 amide bonds. The molecule has 3 aliphatic rings. The fourth-order valence-electron chi connectivity index (χ4n) is 6.16. The highest BCUT2D eigenvalue weighted by molar-refractivity contribution is 7.17. The van der Waals surface area contributed by atoms with Crippen LogP contribution in [0.5, 0.6) is 5.06 Å². The van der Waals surface area contributed by atoms with Gasteiger partial charge in [-0.15, -0.1) is 0 Å². The summed E-state index contributed by atoms with van der Waals surface area (Å²) in [7, 11) is 0. The summed E-state index contributed by atoms with van der Waals surface area (Å²) in [4.78, 5) is 69.2. The summed E-state index contributed by atoms with van der Waals surface area (Å²) in [6, 6.07) is 11.3. The van der Waals surface area contributed by atoms with E-state index in [0.29, 0.717) is 37.3 Å². The van der Waals surface area contributed by atoms with E-state index in [1.807, 2.05) is 50.2 Å². The van der Waals surface area contributed by atoms with Gasteiger partial charge in [0.05, 0.1) is 12.6 Å². The standard InChI is InChI=1S/C30H36N4O6S/c1-18(2)16-21(31-29(39)40-25-11-10-24(41-25)20-8-5-4-6-9-20)27(37)33-15-12-22-26(33)23(36)17-34(22)28(38)30(13-7-14-30)32-19(3)35/h4-6,8-11,18,21-22,26H,7,12-17H2,1-3H3,(H,31,39)(H,32,35). The van der Waals surface area contributed by atoms with E-state index in [1.54, 1.807) is 11.0 Å². The first-order chi connectivity index (χ1) is 19.6. The topological polar surface area (TPSA) is 125 Å². The fourth-order valence-corrected chi connectivity index (χ4v) is 7.02. The molecule has 0 spiro atoms. The second kappa shape index (κ2) is 11.6. The van der Waals surface area contributed by atoms with E-state index in [0.717, 1.165) is 16.9 Å². The van der Waals surface area contributed by atoms with Crippen LogP contribution in [0, 0.1) is 5.92 Å². The predicted octanol–water partition coefficient (Wildman–Crippen LogP) is 3.36. The van der Waals surface area contributed by atoms with Crippen molar-refractivity contribution in [3.8, 4) is 15.5 Å². The maximum absolute atomic E-state index is 13.8. The number of nitrogens with zero attached hydrogens (tertiary/aromatic N) is 2. The van der Waals surface area contributed by atoms with Gasteiger partial charge in [-0.3, -0.25) is 19.2 Å². The number of rotatable bonds is 8. The maximum atomic E-state index is 13.8. The number of Topliss-reactive ketones (excluding diaryl/α,β-unsaturated/α-hetero) is 1. The molecule has 2 aromatic rings. The molecule has 1 aromatic carbocycles. The number of hydrogen-bond donors (Lipinski definition) is 2.